The lowest BCUT2D eigenvalue weighted by Gasteiger charge is -2.17. The van der Waals surface area contributed by atoms with E-state index in [1.165, 1.54) is 18.4 Å². The minimum absolute atomic E-state index is 0.512. The predicted octanol–water partition coefficient (Wildman–Crippen LogP) is 3.19. The Hall–Kier alpha value is -1.02. The van der Waals surface area contributed by atoms with Crippen LogP contribution in [0.4, 0.5) is 0 Å². The lowest BCUT2D eigenvalue weighted by Crippen LogP contribution is -2.33. The smallest absolute Gasteiger partial charge is 0.119 e. The summed E-state index contributed by atoms with van der Waals surface area (Å²) in [6, 6.07) is 8.96. The number of hydrogen-bond donors (Lipinski definition) is 1. The van der Waals surface area contributed by atoms with Gasteiger partial charge >= 0.3 is 0 Å². The Kier molecular flexibility index (Phi) is 4.06. The van der Waals surface area contributed by atoms with E-state index in [4.69, 9.17) is 4.74 Å². The quantitative estimate of drug-likeness (QED) is 0.814. The van der Waals surface area contributed by atoms with E-state index in [2.05, 4.69) is 37.4 Å². The first-order valence-electron chi connectivity index (χ1n) is 6.60. The Labute approximate surface area is 104 Å². The van der Waals surface area contributed by atoms with Gasteiger partial charge in [-0.1, -0.05) is 26.0 Å². The van der Waals surface area contributed by atoms with Crippen molar-refractivity contribution in [2.45, 2.75) is 38.6 Å². The number of rotatable bonds is 6. The predicted molar refractivity (Wildman–Crippen MR) is 71.6 cm³/mol. The molecule has 0 amide bonds. The molecule has 0 bridgehead atoms. The van der Waals surface area contributed by atoms with Crippen molar-refractivity contribution in [3.63, 3.8) is 0 Å². The van der Waals surface area contributed by atoms with Gasteiger partial charge in [-0.05, 0) is 49.4 Å². The summed E-state index contributed by atoms with van der Waals surface area (Å²) in [5.74, 6) is 2.38. The largest absolute Gasteiger partial charge is 0.492 e. The van der Waals surface area contributed by atoms with Crippen LogP contribution in [0, 0.1) is 5.92 Å². The van der Waals surface area contributed by atoms with Crippen LogP contribution in [-0.4, -0.2) is 19.7 Å². The van der Waals surface area contributed by atoms with Crippen molar-refractivity contribution < 1.29 is 4.74 Å². The minimum atomic E-state index is 0.512. The summed E-state index contributed by atoms with van der Waals surface area (Å²) in [4.78, 5) is 0. The fraction of sp³-hybridized carbons (Fsp3) is 0.600. The molecule has 0 aromatic heterocycles. The maximum atomic E-state index is 5.89. The molecule has 2 nitrogen and oxygen atoms in total. The van der Waals surface area contributed by atoms with Gasteiger partial charge in [0, 0.05) is 6.04 Å². The zero-order valence-corrected chi connectivity index (χ0v) is 11.1. The second-order valence-electron chi connectivity index (χ2n) is 5.27. The molecule has 0 heterocycles. The highest BCUT2D eigenvalue weighted by Crippen LogP contribution is 2.32. The van der Waals surface area contributed by atoms with Crippen LogP contribution < -0.4 is 10.1 Å². The Morgan fingerprint density at radius 1 is 1.35 bits per heavy atom. The van der Waals surface area contributed by atoms with E-state index >= 15 is 0 Å². The summed E-state index contributed by atoms with van der Waals surface area (Å²) in [5.41, 5.74) is 1.34. The van der Waals surface area contributed by atoms with E-state index in [1.54, 1.807) is 0 Å². The molecule has 0 aliphatic heterocycles. The number of benzene rings is 1. The molecule has 2 heteroatoms. The van der Waals surface area contributed by atoms with Gasteiger partial charge in [0.15, 0.2) is 0 Å². The Morgan fingerprint density at radius 2 is 2.12 bits per heavy atom. The molecule has 1 N–H and O–H groups in total. The highest BCUT2D eigenvalue weighted by atomic mass is 16.5. The molecule has 1 atom stereocenters. The molecular weight excluding hydrogens is 210 g/mol. The average Bonchev–Trinajstić information content (AvgIpc) is 3.15. The van der Waals surface area contributed by atoms with Crippen molar-refractivity contribution in [1.82, 2.24) is 5.32 Å². The van der Waals surface area contributed by atoms with Gasteiger partial charge in [0.05, 0.1) is 0 Å². The molecule has 17 heavy (non-hydrogen) atoms. The molecule has 1 aliphatic carbocycles. The lowest BCUT2D eigenvalue weighted by atomic mass is 10.0. The number of hydrogen-bond acceptors (Lipinski definition) is 2. The first-order valence-corrected chi connectivity index (χ1v) is 6.60. The van der Waals surface area contributed by atoms with Crippen LogP contribution >= 0.6 is 0 Å². The van der Waals surface area contributed by atoms with Gasteiger partial charge in [-0.2, -0.15) is 0 Å². The van der Waals surface area contributed by atoms with Crippen molar-refractivity contribution in [3.05, 3.63) is 29.8 Å². The molecule has 2 rings (SSSR count). The fourth-order valence-electron chi connectivity index (χ4n) is 2.10. The van der Waals surface area contributed by atoms with Crippen LogP contribution in [0.15, 0.2) is 24.3 Å². The summed E-state index contributed by atoms with van der Waals surface area (Å²) in [7, 11) is 2.02. The van der Waals surface area contributed by atoms with Crippen LogP contribution in [-0.2, 0) is 0 Å². The summed E-state index contributed by atoms with van der Waals surface area (Å²) >= 11 is 0. The minimum Gasteiger partial charge on any atom is -0.492 e. The van der Waals surface area contributed by atoms with Crippen molar-refractivity contribution in [3.8, 4) is 5.75 Å². The third kappa shape index (κ3) is 3.47. The van der Waals surface area contributed by atoms with E-state index in [-0.39, 0.29) is 0 Å². The van der Waals surface area contributed by atoms with Crippen molar-refractivity contribution in [2.75, 3.05) is 13.7 Å². The third-order valence-electron chi connectivity index (χ3n) is 3.52. The average molecular weight is 233 g/mol. The van der Waals surface area contributed by atoms with Crippen LogP contribution in [0.2, 0.25) is 0 Å². The Balaban J connectivity index is 1.91. The first-order chi connectivity index (χ1) is 8.20. The van der Waals surface area contributed by atoms with Crippen LogP contribution in [0.3, 0.4) is 0 Å². The normalized spacial score (nSPS) is 17.2. The standard InChI is InChI=1S/C15H23NO/c1-11(2)13-5-4-6-14(9-13)17-10-15(16-3)12-7-8-12/h4-6,9,11-12,15-16H,7-8,10H2,1-3H3. The second-order valence-corrected chi connectivity index (χ2v) is 5.27. The zero-order valence-electron chi connectivity index (χ0n) is 11.1. The van der Waals surface area contributed by atoms with Gasteiger partial charge in [-0.3, -0.25) is 0 Å². The second kappa shape index (κ2) is 5.54. The summed E-state index contributed by atoms with van der Waals surface area (Å²) in [5, 5.41) is 3.35. The molecular formula is C15H23NO. The van der Waals surface area contributed by atoms with E-state index in [0.29, 0.717) is 12.0 Å². The van der Waals surface area contributed by atoms with E-state index < -0.39 is 0 Å². The SMILES string of the molecule is CNC(COc1cccc(C(C)C)c1)C1CC1. The van der Waals surface area contributed by atoms with E-state index in [1.807, 2.05) is 13.1 Å². The first kappa shape index (κ1) is 12.4. The fourth-order valence-corrected chi connectivity index (χ4v) is 2.10. The molecule has 0 spiro atoms. The summed E-state index contributed by atoms with van der Waals surface area (Å²) in [6.07, 6.45) is 2.70. The van der Waals surface area contributed by atoms with Gasteiger partial charge in [-0.25, -0.2) is 0 Å². The molecule has 94 valence electrons. The zero-order chi connectivity index (χ0) is 12.3. The van der Waals surface area contributed by atoms with Gasteiger partial charge in [0.1, 0.15) is 12.4 Å². The van der Waals surface area contributed by atoms with Crippen molar-refractivity contribution in [2.24, 2.45) is 5.92 Å². The topological polar surface area (TPSA) is 21.3 Å². The monoisotopic (exact) mass is 233 g/mol. The van der Waals surface area contributed by atoms with Gasteiger partial charge in [-0.15, -0.1) is 0 Å². The van der Waals surface area contributed by atoms with Gasteiger partial charge in [0.2, 0.25) is 0 Å². The summed E-state index contributed by atoms with van der Waals surface area (Å²) in [6.45, 7) is 5.20. The number of nitrogens with one attached hydrogen (secondary N) is 1. The molecule has 1 aromatic rings. The Morgan fingerprint density at radius 3 is 2.71 bits per heavy atom. The number of ether oxygens (including phenoxy) is 1. The molecule has 1 saturated carbocycles. The maximum absolute atomic E-state index is 5.89. The number of likely N-dealkylation sites (N-methyl/N-ethyl adjacent to an activating group) is 1. The summed E-state index contributed by atoms with van der Waals surface area (Å²) < 4.78 is 5.89. The Bertz CT molecular complexity index is 358. The molecule has 1 unspecified atom stereocenters. The van der Waals surface area contributed by atoms with Crippen LogP contribution in [0.1, 0.15) is 38.2 Å². The molecule has 1 aliphatic rings. The van der Waals surface area contributed by atoms with Crippen molar-refractivity contribution >= 4 is 0 Å². The van der Waals surface area contributed by atoms with Gasteiger partial charge < -0.3 is 10.1 Å². The lowest BCUT2D eigenvalue weighted by molar-refractivity contribution is 0.256. The third-order valence-corrected chi connectivity index (χ3v) is 3.52. The molecule has 0 radical (unpaired) electrons. The molecule has 0 saturated heterocycles. The molecule has 1 aromatic carbocycles. The van der Waals surface area contributed by atoms with Crippen LogP contribution in [0.5, 0.6) is 5.75 Å². The molecule has 1 fully saturated rings. The van der Waals surface area contributed by atoms with E-state index in [0.717, 1.165) is 18.3 Å². The van der Waals surface area contributed by atoms with E-state index in [9.17, 15) is 0 Å². The highest BCUT2D eigenvalue weighted by molar-refractivity contribution is 5.30. The van der Waals surface area contributed by atoms with Crippen molar-refractivity contribution in [1.29, 1.82) is 0 Å². The maximum Gasteiger partial charge on any atom is 0.119 e. The van der Waals surface area contributed by atoms with Crippen LogP contribution in [0.25, 0.3) is 0 Å². The van der Waals surface area contributed by atoms with Gasteiger partial charge in [0.25, 0.3) is 0 Å². The highest BCUT2D eigenvalue weighted by Gasteiger charge is 2.30.